The van der Waals surface area contributed by atoms with Crippen LogP contribution in [0.1, 0.15) is 0 Å². The van der Waals surface area contributed by atoms with Gasteiger partial charge in [0, 0.05) is 24.7 Å². The molecule has 0 unspecified atom stereocenters. The molecule has 0 atom stereocenters. The van der Waals surface area contributed by atoms with Crippen molar-refractivity contribution in [2.24, 2.45) is 0 Å². The Morgan fingerprint density at radius 1 is 1.19 bits per heavy atom. The molecular formula is C15H18N4O2. The summed E-state index contributed by atoms with van der Waals surface area (Å²) in [5.74, 6) is 0.640. The predicted octanol–water partition coefficient (Wildman–Crippen LogP) is 2.63. The molecule has 0 fully saturated rings. The van der Waals surface area contributed by atoms with Crippen molar-refractivity contribution in [3.8, 4) is 11.3 Å². The lowest BCUT2D eigenvalue weighted by Crippen LogP contribution is -2.21. The largest absolute Gasteiger partial charge is 0.369 e. The van der Waals surface area contributed by atoms with E-state index in [4.69, 9.17) is 0 Å². The summed E-state index contributed by atoms with van der Waals surface area (Å²) in [6.07, 6.45) is 0. The zero-order valence-electron chi connectivity index (χ0n) is 12.1. The summed E-state index contributed by atoms with van der Waals surface area (Å²) in [4.78, 5) is 17.2. The lowest BCUT2D eigenvalue weighted by molar-refractivity contribution is -0.384. The van der Waals surface area contributed by atoms with Crippen LogP contribution in [0.15, 0.2) is 42.5 Å². The van der Waals surface area contributed by atoms with Crippen molar-refractivity contribution in [2.75, 3.05) is 32.5 Å². The Kier molecular flexibility index (Phi) is 4.84. The molecule has 1 aromatic heterocycles. The Morgan fingerprint density at radius 3 is 2.52 bits per heavy atom. The van der Waals surface area contributed by atoms with Gasteiger partial charge in [-0.3, -0.25) is 10.1 Å². The Hall–Kier alpha value is -2.47. The third-order valence-corrected chi connectivity index (χ3v) is 2.98. The van der Waals surface area contributed by atoms with Crippen LogP contribution in [0.2, 0.25) is 0 Å². The van der Waals surface area contributed by atoms with Crippen LogP contribution in [0.4, 0.5) is 11.5 Å². The molecule has 1 aromatic carbocycles. The first kappa shape index (κ1) is 14.9. The molecule has 0 saturated heterocycles. The molecule has 2 aromatic rings. The normalized spacial score (nSPS) is 10.6. The number of hydrogen-bond acceptors (Lipinski definition) is 5. The van der Waals surface area contributed by atoms with Crippen LogP contribution in [0, 0.1) is 10.1 Å². The van der Waals surface area contributed by atoms with Gasteiger partial charge in [0.15, 0.2) is 5.69 Å². The molecule has 0 amide bonds. The summed E-state index contributed by atoms with van der Waals surface area (Å²) < 4.78 is 0. The van der Waals surface area contributed by atoms with E-state index >= 15 is 0 Å². The summed E-state index contributed by atoms with van der Waals surface area (Å²) in [6.45, 7) is 1.59. The van der Waals surface area contributed by atoms with E-state index in [0.717, 1.165) is 18.7 Å². The molecule has 0 aliphatic rings. The molecule has 1 N–H and O–H groups in total. The van der Waals surface area contributed by atoms with Crippen LogP contribution < -0.4 is 5.32 Å². The minimum atomic E-state index is -0.404. The minimum Gasteiger partial charge on any atom is -0.369 e. The van der Waals surface area contributed by atoms with E-state index in [1.807, 2.05) is 44.4 Å². The van der Waals surface area contributed by atoms with E-state index < -0.39 is 4.92 Å². The molecule has 0 spiro atoms. The Labute approximate surface area is 123 Å². The van der Waals surface area contributed by atoms with Gasteiger partial charge in [-0.05, 0) is 20.2 Å². The van der Waals surface area contributed by atoms with Gasteiger partial charge in [0.1, 0.15) is 5.82 Å². The molecule has 0 aliphatic heterocycles. The smallest absolute Gasteiger partial charge is 0.295 e. The zero-order valence-corrected chi connectivity index (χ0v) is 12.1. The van der Waals surface area contributed by atoms with Crippen molar-refractivity contribution in [3.05, 3.63) is 52.6 Å². The minimum absolute atomic E-state index is 0.0133. The topological polar surface area (TPSA) is 71.3 Å². The Morgan fingerprint density at radius 2 is 1.90 bits per heavy atom. The van der Waals surface area contributed by atoms with E-state index in [-0.39, 0.29) is 5.69 Å². The van der Waals surface area contributed by atoms with Gasteiger partial charge in [0.25, 0.3) is 5.69 Å². The molecule has 110 valence electrons. The molecule has 0 bridgehead atoms. The first-order chi connectivity index (χ1) is 10.1. The molecule has 21 heavy (non-hydrogen) atoms. The van der Waals surface area contributed by atoms with E-state index in [1.165, 1.54) is 6.07 Å². The highest BCUT2D eigenvalue weighted by molar-refractivity contribution is 5.71. The molecule has 0 radical (unpaired) electrons. The van der Waals surface area contributed by atoms with Crippen molar-refractivity contribution < 1.29 is 4.92 Å². The highest BCUT2D eigenvalue weighted by atomic mass is 16.6. The van der Waals surface area contributed by atoms with Gasteiger partial charge in [-0.2, -0.15) is 0 Å². The Bertz CT molecular complexity index is 614. The molecular weight excluding hydrogens is 268 g/mol. The summed E-state index contributed by atoms with van der Waals surface area (Å²) >= 11 is 0. The lowest BCUT2D eigenvalue weighted by atomic mass is 10.1. The molecule has 0 saturated carbocycles. The van der Waals surface area contributed by atoms with Crippen molar-refractivity contribution >= 4 is 11.5 Å². The van der Waals surface area contributed by atoms with Gasteiger partial charge in [0.2, 0.25) is 0 Å². The van der Waals surface area contributed by atoms with Crippen molar-refractivity contribution in [1.82, 2.24) is 9.88 Å². The average Bonchev–Trinajstić information content (AvgIpc) is 2.47. The first-order valence-corrected chi connectivity index (χ1v) is 6.67. The highest BCUT2D eigenvalue weighted by Gasteiger charge is 2.17. The summed E-state index contributed by atoms with van der Waals surface area (Å²) in [6, 6.07) is 12.3. The fourth-order valence-electron chi connectivity index (χ4n) is 1.91. The predicted molar refractivity (Wildman–Crippen MR) is 83.4 cm³/mol. The maximum absolute atomic E-state index is 11.1. The molecule has 0 aliphatic carbocycles. The molecule has 6 heteroatoms. The van der Waals surface area contributed by atoms with Gasteiger partial charge >= 0.3 is 0 Å². The van der Waals surface area contributed by atoms with Gasteiger partial charge in [-0.25, -0.2) is 4.98 Å². The van der Waals surface area contributed by atoms with Crippen LogP contribution in [-0.4, -0.2) is 42.0 Å². The number of anilines is 1. The van der Waals surface area contributed by atoms with Gasteiger partial charge in [-0.15, -0.1) is 0 Å². The second-order valence-corrected chi connectivity index (χ2v) is 4.92. The number of nitrogens with one attached hydrogen (secondary N) is 1. The lowest BCUT2D eigenvalue weighted by Gasteiger charge is -2.11. The molecule has 6 nitrogen and oxygen atoms in total. The van der Waals surface area contributed by atoms with Crippen LogP contribution in [-0.2, 0) is 0 Å². The number of likely N-dealkylation sites (N-methyl/N-ethyl adjacent to an activating group) is 1. The second-order valence-electron chi connectivity index (χ2n) is 4.92. The van der Waals surface area contributed by atoms with Crippen LogP contribution in [0.3, 0.4) is 0 Å². The quantitative estimate of drug-likeness (QED) is 0.653. The van der Waals surface area contributed by atoms with Crippen molar-refractivity contribution in [2.45, 2.75) is 0 Å². The summed E-state index contributed by atoms with van der Waals surface area (Å²) in [5, 5.41) is 14.3. The Balaban J connectivity index is 2.29. The van der Waals surface area contributed by atoms with E-state index in [1.54, 1.807) is 6.07 Å². The molecule has 2 rings (SSSR count). The zero-order chi connectivity index (χ0) is 15.2. The van der Waals surface area contributed by atoms with E-state index in [9.17, 15) is 10.1 Å². The van der Waals surface area contributed by atoms with Crippen molar-refractivity contribution in [3.63, 3.8) is 0 Å². The maximum atomic E-state index is 11.1. The number of benzene rings is 1. The van der Waals surface area contributed by atoms with Crippen LogP contribution in [0.25, 0.3) is 11.3 Å². The van der Waals surface area contributed by atoms with E-state index in [2.05, 4.69) is 15.2 Å². The fraction of sp³-hybridized carbons (Fsp3) is 0.267. The number of pyridine rings is 1. The van der Waals surface area contributed by atoms with Gasteiger partial charge in [-0.1, -0.05) is 30.3 Å². The summed E-state index contributed by atoms with van der Waals surface area (Å²) in [7, 11) is 3.97. The second kappa shape index (κ2) is 6.81. The highest BCUT2D eigenvalue weighted by Crippen LogP contribution is 2.28. The third-order valence-electron chi connectivity index (χ3n) is 2.98. The first-order valence-electron chi connectivity index (χ1n) is 6.67. The third kappa shape index (κ3) is 4.00. The monoisotopic (exact) mass is 286 g/mol. The van der Waals surface area contributed by atoms with Crippen LogP contribution >= 0.6 is 0 Å². The maximum Gasteiger partial charge on any atom is 0.295 e. The number of aromatic nitrogens is 1. The fourth-order valence-corrected chi connectivity index (χ4v) is 1.91. The van der Waals surface area contributed by atoms with E-state index in [0.29, 0.717) is 11.5 Å². The van der Waals surface area contributed by atoms with Crippen LogP contribution in [0.5, 0.6) is 0 Å². The SMILES string of the molecule is CN(C)CCNc1ccc([N+](=O)[O-])c(-c2ccccc2)n1. The molecule has 1 heterocycles. The van der Waals surface area contributed by atoms with Gasteiger partial charge in [0.05, 0.1) is 4.92 Å². The number of nitro groups is 1. The average molecular weight is 286 g/mol. The number of rotatable bonds is 6. The number of nitrogens with zero attached hydrogens (tertiary/aromatic N) is 3. The van der Waals surface area contributed by atoms with Crippen molar-refractivity contribution in [1.29, 1.82) is 0 Å². The number of hydrogen-bond donors (Lipinski definition) is 1. The van der Waals surface area contributed by atoms with Gasteiger partial charge < -0.3 is 10.2 Å². The summed E-state index contributed by atoms with van der Waals surface area (Å²) in [5.41, 5.74) is 1.13. The standard InChI is InChI=1S/C15H18N4O2/c1-18(2)11-10-16-14-9-8-13(19(20)21)15(17-14)12-6-4-3-5-7-12/h3-9H,10-11H2,1-2H3,(H,16,17).